The van der Waals surface area contributed by atoms with Gasteiger partial charge in [0.05, 0.1) is 0 Å². The summed E-state index contributed by atoms with van der Waals surface area (Å²) in [5.41, 5.74) is -1.41. The predicted molar refractivity (Wildman–Crippen MR) is 44.8 cm³/mol. The van der Waals surface area contributed by atoms with Gasteiger partial charge in [-0.15, -0.1) is 0 Å². The maximum absolute atomic E-state index is 11.3. The highest BCUT2D eigenvalue weighted by molar-refractivity contribution is 5.67. The van der Waals surface area contributed by atoms with Crippen molar-refractivity contribution in [2.45, 2.75) is 0 Å². The van der Waals surface area contributed by atoms with Gasteiger partial charge in [0.15, 0.2) is 5.52 Å². The fourth-order valence-electron chi connectivity index (χ4n) is 1.09. The number of H-pyrrole nitrogens is 3. The average molecular weight is 189 g/mol. The minimum atomic E-state index is -0.562. The van der Waals surface area contributed by atoms with Crippen LogP contribution in [0.2, 0.25) is 0 Å². The summed E-state index contributed by atoms with van der Waals surface area (Å²) in [5.74, 6) is 0. The number of nitrogens with zero attached hydrogens (tertiary/aromatic N) is 1. The zero-order chi connectivity index (χ0) is 9.59. The number of hydrogen-bond donors (Lipinski definition) is 3. The van der Waals surface area contributed by atoms with Gasteiger partial charge in [-0.25, -0.2) is 9.59 Å². The maximum Gasteiger partial charge on any atom is 0.329 e. The second-order valence-corrected chi connectivity index (χ2v) is 2.62. The van der Waals surface area contributed by atoms with E-state index < -0.39 is 16.9 Å². The van der Waals surface area contributed by atoms with Crippen LogP contribution < -0.4 is 16.9 Å². The van der Waals surface area contributed by atoms with Crippen molar-refractivity contribution >= 4 is 11.2 Å². The normalized spacial score (nSPS) is 10.8. The van der Waals surface area contributed by atoms with E-state index in [0.29, 0.717) is 0 Å². The van der Waals surface area contributed by atoms with Crippen molar-refractivity contribution in [3.8, 4) is 0 Å². The molecule has 0 atom stereocenters. The molecular formula is C6H6N4O3. The lowest BCUT2D eigenvalue weighted by Gasteiger charge is -1.93. The first kappa shape index (κ1) is 7.59. The fraction of sp³-hybridized carbons (Fsp3) is 0.167. The molecular weight excluding hydrogens is 183 g/mol. The first-order valence-electron chi connectivity index (χ1n) is 3.51. The van der Waals surface area contributed by atoms with Crippen LogP contribution in [0, 0.1) is 0 Å². The summed E-state index contributed by atoms with van der Waals surface area (Å²) in [5, 5.41) is 0. The Bertz CT molecular complexity index is 626. The van der Waals surface area contributed by atoms with E-state index in [9.17, 15) is 14.4 Å². The van der Waals surface area contributed by atoms with Gasteiger partial charge in [-0.3, -0.25) is 24.3 Å². The number of rotatable bonds is 0. The monoisotopic (exact) mass is 189 g/mol. The zero-order valence-electron chi connectivity index (χ0n) is 6.67. The lowest BCUT2D eigenvalue weighted by atomic mass is 11.4. The molecule has 0 aliphatic rings. The molecule has 0 saturated heterocycles. The number of hydrogen-bond acceptors (Lipinski definition) is 3. The number of imidazole rings is 1. The van der Waals surface area contributed by atoms with Crippen LogP contribution in [-0.4, -0.2) is 19.5 Å². The molecule has 3 N–H and O–H groups in total. The van der Waals surface area contributed by atoms with Gasteiger partial charge < -0.3 is 0 Å². The Morgan fingerprint density at radius 1 is 1.08 bits per heavy atom. The van der Waals surface area contributed by atoms with Crippen LogP contribution in [0.5, 0.6) is 0 Å². The summed E-state index contributed by atoms with van der Waals surface area (Å²) in [4.78, 5) is 40.0. The number of aromatic nitrogens is 4. The molecule has 13 heavy (non-hydrogen) atoms. The minimum Gasteiger partial charge on any atom is -0.300 e. The van der Waals surface area contributed by atoms with Gasteiger partial charge in [0.1, 0.15) is 5.65 Å². The molecule has 0 aliphatic carbocycles. The average Bonchev–Trinajstić information content (AvgIpc) is 2.42. The zero-order valence-corrected chi connectivity index (χ0v) is 6.67. The van der Waals surface area contributed by atoms with Crippen LogP contribution >= 0.6 is 0 Å². The summed E-state index contributed by atoms with van der Waals surface area (Å²) in [6.07, 6.45) is 0. The second kappa shape index (κ2) is 2.22. The van der Waals surface area contributed by atoms with Gasteiger partial charge in [0.25, 0.3) is 5.56 Å². The summed E-state index contributed by atoms with van der Waals surface area (Å²) < 4.78 is 0.881. The molecule has 0 saturated carbocycles. The third-order valence-corrected chi connectivity index (χ3v) is 1.78. The van der Waals surface area contributed by atoms with Crippen molar-refractivity contribution < 1.29 is 0 Å². The van der Waals surface area contributed by atoms with Crippen LogP contribution in [0.15, 0.2) is 14.4 Å². The number of fused-ring (bicyclic) bond motifs is 1. The van der Waals surface area contributed by atoms with Crippen molar-refractivity contribution in [2.24, 2.45) is 7.05 Å². The summed E-state index contributed by atoms with van der Waals surface area (Å²) in [7, 11) is 1.33. The lowest BCUT2D eigenvalue weighted by molar-refractivity contribution is 0.790. The highest BCUT2D eigenvalue weighted by Gasteiger charge is 2.06. The molecule has 68 valence electrons. The predicted octanol–water partition coefficient (Wildman–Crippen LogP) is -1.76. The maximum atomic E-state index is 11.3. The molecule has 0 bridgehead atoms. The van der Waals surface area contributed by atoms with E-state index in [4.69, 9.17) is 0 Å². The van der Waals surface area contributed by atoms with E-state index in [2.05, 4.69) is 15.0 Å². The Balaban J connectivity index is 3.19. The second-order valence-electron chi connectivity index (χ2n) is 2.62. The Morgan fingerprint density at radius 2 is 1.77 bits per heavy atom. The molecule has 7 heteroatoms. The summed E-state index contributed by atoms with van der Waals surface area (Å²) in [6.45, 7) is 0. The van der Waals surface area contributed by atoms with Crippen LogP contribution in [0.3, 0.4) is 0 Å². The Kier molecular flexibility index (Phi) is 1.30. The van der Waals surface area contributed by atoms with Crippen molar-refractivity contribution in [3.63, 3.8) is 0 Å². The third-order valence-electron chi connectivity index (χ3n) is 1.78. The van der Waals surface area contributed by atoms with Crippen molar-refractivity contribution in [1.29, 1.82) is 0 Å². The summed E-state index contributed by atoms with van der Waals surface area (Å²) >= 11 is 0. The van der Waals surface area contributed by atoms with Crippen molar-refractivity contribution in [2.75, 3.05) is 0 Å². The smallest absolute Gasteiger partial charge is 0.300 e. The quantitative estimate of drug-likeness (QED) is 0.457. The molecule has 0 fully saturated rings. The molecule has 0 radical (unpaired) electrons. The van der Waals surface area contributed by atoms with E-state index in [1.165, 1.54) is 7.05 Å². The first-order valence-corrected chi connectivity index (χ1v) is 3.51. The van der Waals surface area contributed by atoms with Gasteiger partial charge in [-0.05, 0) is 0 Å². The van der Waals surface area contributed by atoms with Crippen LogP contribution in [-0.2, 0) is 7.05 Å². The van der Waals surface area contributed by atoms with E-state index in [0.717, 1.165) is 4.57 Å². The van der Waals surface area contributed by atoms with E-state index >= 15 is 0 Å². The van der Waals surface area contributed by atoms with E-state index in [1.54, 1.807) is 0 Å². The third kappa shape index (κ3) is 0.934. The SMILES string of the molecule is C[15n]1[13c](=O)[15nH][13c]2[15nH]c(=O)[nH][13c]2[13c]1=O. The van der Waals surface area contributed by atoms with Gasteiger partial charge >= 0.3 is 11.4 Å². The molecule has 2 rings (SSSR count). The molecule has 7 nitrogen and oxygen atoms in total. The minimum absolute atomic E-state index is 0.0760. The van der Waals surface area contributed by atoms with Crippen molar-refractivity contribution in [3.05, 3.63) is 31.3 Å². The summed E-state index contributed by atoms with van der Waals surface area (Å²) in [6, 6.07) is 0. The highest BCUT2D eigenvalue weighted by atomic mass is 16.3. The molecule has 2 aromatic rings. The number of aromatic amines is 3. The number of nitrogens with one attached hydrogen (secondary N) is 3. The van der Waals surface area contributed by atoms with Gasteiger partial charge in [-0.1, -0.05) is 0 Å². The van der Waals surface area contributed by atoms with E-state index in [-0.39, 0.29) is 11.2 Å². The molecule has 2 heterocycles. The Labute approximate surface area is 70.0 Å². The largest absolute Gasteiger partial charge is 0.329 e. The fourth-order valence-corrected chi connectivity index (χ4v) is 1.09. The highest BCUT2D eigenvalue weighted by Crippen LogP contribution is 1.90. The lowest BCUT2D eigenvalue weighted by Crippen LogP contribution is -2.32. The molecule has 0 spiro atoms. The standard InChI is InChI=1S/C6H6N4O3/c1-10-4(11)2-3(9-6(10)13)8-5(12)7-2/h1H3,(H,9,13)(H2,7,8,12)/i2+1,3+1,4+1,6+1,8+1,9+1,10+1. The molecule has 0 aromatic carbocycles. The topological polar surface area (TPSA) is 104 Å². The van der Waals surface area contributed by atoms with Gasteiger partial charge in [0, 0.05) is 7.05 Å². The van der Waals surface area contributed by atoms with E-state index in [1.807, 2.05) is 0 Å². The first-order chi connectivity index (χ1) is 6.09. The molecule has 0 amide bonds. The molecule has 0 unspecified atom stereocenters. The van der Waals surface area contributed by atoms with Crippen molar-refractivity contribution in [1.82, 2.24) is 19.5 Å². The molecule has 0 aliphatic heterocycles. The Morgan fingerprint density at radius 3 is 2.46 bits per heavy atom. The van der Waals surface area contributed by atoms with Gasteiger partial charge in [0.2, 0.25) is 0 Å². The van der Waals surface area contributed by atoms with Crippen LogP contribution in [0.25, 0.3) is 11.2 Å². The van der Waals surface area contributed by atoms with Crippen LogP contribution in [0.1, 0.15) is 0 Å². The van der Waals surface area contributed by atoms with Crippen LogP contribution in [0.4, 0.5) is 0 Å². The molecule has 2 aromatic heterocycles. The van der Waals surface area contributed by atoms with Gasteiger partial charge in [-0.2, -0.15) is 0 Å². The Hall–Kier alpha value is -2.05.